The molecule has 0 spiro atoms. The van der Waals surface area contributed by atoms with Gasteiger partial charge in [-0.3, -0.25) is 4.79 Å². The van der Waals surface area contributed by atoms with E-state index in [9.17, 15) is 4.79 Å². The molecule has 0 aromatic heterocycles. The van der Waals surface area contributed by atoms with Crippen LogP contribution in [0.2, 0.25) is 0 Å². The molecule has 1 atom stereocenters. The van der Waals surface area contributed by atoms with Crippen LogP contribution in [0, 0.1) is 0 Å². The highest BCUT2D eigenvalue weighted by molar-refractivity contribution is 5.69. The maximum atomic E-state index is 11.3. The summed E-state index contributed by atoms with van der Waals surface area (Å²) in [6, 6.07) is 0.486. The van der Waals surface area contributed by atoms with Crippen molar-refractivity contribution in [3.8, 4) is 0 Å². The van der Waals surface area contributed by atoms with Crippen molar-refractivity contribution in [2.45, 2.75) is 65.5 Å². The van der Waals surface area contributed by atoms with Crippen molar-refractivity contribution < 1.29 is 9.53 Å². The number of rotatable bonds is 8. The van der Waals surface area contributed by atoms with E-state index < -0.39 is 0 Å². The van der Waals surface area contributed by atoms with E-state index in [1.54, 1.807) is 0 Å². The van der Waals surface area contributed by atoms with Gasteiger partial charge in [-0.1, -0.05) is 27.2 Å². The molecule has 0 rings (SSSR count). The summed E-state index contributed by atoms with van der Waals surface area (Å²) in [6.07, 6.45) is 3.46. The number of nitrogens with one attached hydrogen (secondary N) is 1. The van der Waals surface area contributed by atoms with E-state index in [1.165, 1.54) is 0 Å². The van der Waals surface area contributed by atoms with Crippen molar-refractivity contribution in [1.29, 1.82) is 0 Å². The molecule has 0 aliphatic heterocycles. The van der Waals surface area contributed by atoms with Crippen LogP contribution in [0.3, 0.4) is 0 Å². The second kappa shape index (κ2) is 8.72. The van der Waals surface area contributed by atoms with Crippen LogP contribution in [0.4, 0.5) is 0 Å². The highest BCUT2D eigenvalue weighted by Gasteiger charge is 2.07. The first-order valence-corrected chi connectivity index (χ1v) is 5.99. The van der Waals surface area contributed by atoms with E-state index in [0.29, 0.717) is 12.5 Å². The summed E-state index contributed by atoms with van der Waals surface area (Å²) >= 11 is 0. The first-order valence-electron chi connectivity index (χ1n) is 5.99. The average molecular weight is 215 g/mol. The molecule has 0 aliphatic rings. The van der Waals surface area contributed by atoms with Crippen LogP contribution in [-0.4, -0.2) is 24.7 Å². The summed E-state index contributed by atoms with van der Waals surface area (Å²) < 4.78 is 5.23. The first-order chi connectivity index (χ1) is 7.06. The smallest absolute Gasteiger partial charge is 0.306 e. The van der Waals surface area contributed by atoms with Gasteiger partial charge in [0.1, 0.15) is 0 Å². The lowest BCUT2D eigenvalue weighted by atomic mass is 10.2. The monoisotopic (exact) mass is 215 g/mol. The maximum absolute atomic E-state index is 11.3. The Balaban J connectivity index is 3.40. The Kier molecular flexibility index (Phi) is 8.38. The van der Waals surface area contributed by atoms with Gasteiger partial charge >= 0.3 is 5.97 Å². The SMILES string of the molecule is CCCC(C)OC(=O)CCCNC(C)C. The number of hydrogen-bond donors (Lipinski definition) is 1. The second-order valence-corrected chi connectivity index (χ2v) is 4.30. The van der Waals surface area contributed by atoms with Gasteiger partial charge in [0.25, 0.3) is 0 Å². The predicted molar refractivity (Wildman–Crippen MR) is 62.8 cm³/mol. The number of hydrogen-bond acceptors (Lipinski definition) is 3. The van der Waals surface area contributed by atoms with Crippen molar-refractivity contribution >= 4 is 5.97 Å². The Labute approximate surface area is 93.6 Å². The quantitative estimate of drug-likeness (QED) is 0.499. The van der Waals surface area contributed by atoms with Gasteiger partial charge in [0.05, 0.1) is 6.10 Å². The van der Waals surface area contributed by atoms with E-state index in [2.05, 4.69) is 26.1 Å². The number of carbonyl (C=O) groups is 1. The van der Waals surface area contributed by atoms with Crippen LogP contribution in [0.25, 0.3) is 0 Å². The molecule has 0 saturated carbocycles. The standard InChI is InChI=1S/C12H25NO2/c1-5-7-11(4)15-12(14)8-6-9-13-10(2)3/h10-11,13H,5-9H2,1-4H3. The van der Waals surface area contributed by atoms with Crippen molar-refractivity contribution in [3.63, 3.8) is 0 Å². The van der Waals surface area contributed by atoms with Crippen LogP contribution in [0.5, 0.6) is 0 Å². The van der Waals surface area contributed by atoms with Gasteiger partial charge < -0.3 is 10.1 Å². The summed E-state index contributed by atoms with van der Waals surface area (Å²) in [4.78, 5) is 11.3. The lowest BCUT2D eigenvalue weighted by Gasteiger charge is -2.12. The molecule has 0 fully saturated rings. The molecule has 15 heavy (non-hydrogen) atoms. The lowest BCUT2D eigenvalue weighted by molar-refractivity contribution is -0.148. The molecule has 0 heterocycles. The summed E-state index contributed by atoms with van der Waals surface area (Å²) in [5, 5.41) is 3.27. The molecule has 1 N–H and O–H groups in total. The Hall–Kier alpha value is -0.570. The normalized spacial score (nSPS) is 12.9. The Morgan fingerprint density at radius 2 is 2.00 bits per heavy atom. The van der Waals surface area contributed by atoms with E-state index in [0.717, 1.165) is 25.8 Å². The zero-order valence-electron chi connectivity index (χ0n) is 10.5. The minimum Gasteiger partial charge on any atom is -0.463 e. The molecule has 0 aliphatic carbocycles. The third-order valence-corrected chi connectivity index (χ3v) is 2.14. The van der Waals surface area contributed by atoms with Crippen LogP contribution in [0.1, 0.15) is 53.4 Å². The molecular formula is C12H25NO2. The molecule has 0 bridgehead atoms. The van der Waals surface area contributed by atoms with Gasteiger partial charge in [-0.25, -0.2) is 0 Å². The summed E-state index contributed by atoms with van der Waals surface area (Å²) in [5.74, 6) is -0.0680. The van der Waals surface area contributed by atoms with E-state index in [4.69, 9.17) is 4.74 Å². The number of esters is 1. The van der Waals surface area contributed by atoms with Gasteiger partial charge in [-0.2, -0.15) is 0 Å². The van der Waals surface area contributed by atoms with Crippen LogP contribution < -0.4 is 5.32 Å². The van der Waals surface area contributed by atoms with Crippen molar-refractivity contribution in [2.75, 3.05) is 6.54 Å². The third kappa shape index (κ3) is 9.73. The van der Waals surface area contributed by atoms with Gasteiger partial charge in [-0.15, -0.1) is 0 Å². The van der Waals surface area contributed by atoms with Crippen LogP contribution in [0.15, 0.2) is 0 Å². The topological polar surface area (TPSA) is 38.3 Å². The average Bonchev–Trinajstić information content (AvgIpc) is 2.12. The van der Waals surface area contributed by atoms with Gasteiger partial charge in [0, 0.05) is 12.5 Å². The van der Waals surface area contributed by atoms with Crippen molar-refractivity contribution in [2.24, 2.45) is 0 Å². The molecule has 90 valence electrons. The first kappa shape index (κ1) is 14.4. The lowest BCUT2D eigenvalue weighted by Crippen LogP contribution is -2.24. The Bertz CT molecular complexity index is 169. The summed E-state index contributed by atoms with van der Waals surface area (Å²) in [7, 11) is 0. The summed E-state index contributed by atoms with van der Waals surface area (Å²) in [5.41, 5.74) is 0. The van der Waals surface area contributed by atoms with E-state index in [1.807, 2.05) is 6.92 Å². The highest BCUT2D eigenvalue weighted by atomic mass is 16.5. The fourth-order valence-corrected chi connectivity index (χ4v) is 1.37. The molecule has 0 aromatic carbocycles. The fraction of sp³-hybridized carbons (Fsp3) is 0.917. The Morgan fingerprint density at radius 1 is 1.33 bits per heavy atom. The minimum atomic E-state index is -0.0680. The summed E-state index contributed by atoms with van der Waals surface area (Å²) in [6.45, 7) is 9.13. The molecular weight excluding hydrogens is 190 g/mol. The minimum absolute atomic E-state index is 0.0680. The zero-order chi connectivity index (χ0) is 11.7. The third-order valence-electron chi connectivity index (χ3n) is 2.14. The van der Waals surface area contributed by atoms with Gasteiger partial charge in [0.15, 0.2) is 0 Å². The fourth-order valence-electron chi connectivity index (χ4n) is 1.37. The van der Waals surface area contributed by atoms with Crippen LogP contribution in [-0.2, 0) is 9.53 Å². The van der Waals surface area contributed by atoms with Crippen LogP contribution >= 0.6 is 0 Å². The molecule has 0 radical (unpaired) electrons. The van der Waals surface area contributed by atoms with Crippen molar-refractivity contribution in [1.82, 2.24) is 5.32 Å². The highest BCUT2D eigenvalue weighted by Crippen LogP contribution is 2.03. The van der Waals surface area contributed by atoms with E-state index >= 15 is 0 Å². The predicted octanol–water partition coefficient (Wildman–Crippen LogP) is 2.50. The second-order valence-electron chi connectivity index (χ2n) is 4.30. The van der Waals surface area contributed by atoms with Gasteiger partial charge in [-0.05, 0) is 26.3 Å². The van der Waals surface area contributed by atoms with E-state index in [-0.39, 0.29) is 12.1 Å². The zero-order valence-corrected chi connectivity index (χ0v) is 10.5. The molecule has 1 unspecified atom stereocenters. The number of carbonyl (C=O) groups excluding carboxylic acids is 1. The van der Waals surface area contributed by atoms with Crippen molar-refractivity contribution in [3.05, 3.63) is 0 Å². The number of ether oxygens (including phenoxy) is 1. The molecule has 3 heteroatoms. The molecule has 0 saturated heterocycles. The van der Waals surface area contributed by atoms with Gasteiger partial charge in [0.2, 0.25) is 0 Å². The molecule has 0 aromatic rings. The maximum Gasteiger partial charge on any atom is 0.306 e. The Morgan fingerprint density at radius 3 is 2.53 bits per heavy atom. The largest absolute Gasteiger partial charge is 0.463 e. The molecule has 0 amide bonds. The molecule has 3 nitrogen and oxygen atoms in total.